The summed E-state index contributed by atoms with van der Waals surface area (Å²) in [4.78, 5) is 12.6. The van der Waals surface area contributed by atoms with E-state index >= 15 is 0 Å². The van der Waals surface area contributed by atoms with Crippen molar-refractivity contribution in [1.29, 1.82) is 0 Å². The van der Waals surface area contributed by atoms with Crippen LogP contribution in [0.4, 0.5) is 0 Å². The van der Waals surface area contributed by atoms with Crippen LogP contribution < -0.4 is 10.6 Å². The van der Waals surface area contributed by atoms with Gasteiger partial charge in [0.2, 0.25) is 0 Å². The molecule has 2 aromatic carbocycles. The monoisotopic (exact) mass is 410 g/mol. The maximum absolute atomic E-state index is 12.6. The lowest BCUT2D eigenvalue weighted by Gasteiger charge is -2.22. The lowest BCUT2D eigenvalue weighted by Crippen LogP contribution is -2.32. The predicted molar refractivity (Wildman–Crippen MR) is 118 cm³/mol. The van der Waals surface area contributed by atoms with Crippen LogP contribution in [0.5, 0.6) is 0 Å². The largest absolute Gasteiger partial charge is 0.344 e. The Labute approximate surface area is 177 Å². The van der Waals surface area contributed by atoms with E-state index < -0.39 is 0 Å². The molecule has 1 aliphatic heterocycles. The molecule has 1 amide bonds. The summed E-state index contributed by atoms with van der Waals surface area (Å²) >= 11 is 0. The molecule has 0 bridgehead atoms. The first kappa shape index (κ1) is 21.1. The van der Waals surface area contributed by atoms with Gasteiger partial charge in [0.25, 0.3) is 5.91 Å². The van der Waals surface area contributed by atoms with E-state index in [-0.39, 0.29) is 24.4 Å². The Morgan fingerprint density at radius 2 is 1.83 bits per heavy atom. The normalized spacial score (nSPS) is 17.2. The van der Waals surface area contributed by atoms with Gasteiger partial charge in [0.1, 0.15) is 5.69 Å². The van der Waals surface area contributed by atoms with Crippen LogP contribution in [-0.2, 0) is 0 Å². The molecule has 0 saturated carbocycles. The molecule has 1 saturated heterocycles. The predicted octanol–water partition coefficient (Wildman–Crippen LogP) is 4.39. The highest BCUT2D eigenvalue weighted by Gasteiger charge is 2.19. The standard InChI is InChI=1S/C23H26N4O.ClH/c1-17(18-9-11-20(12-10-18)19-6-3-2-4-7-19)25-23(28)22-13-15-27(26-22)21-8-5-14-24-16-21;/h2-4,6-7,9-13,15,17,21,24H,5,8,14,16H2,1H3,(H,25,28);1H. The van der Waals surface area contributed by atoms with Crippen molar-refractivity contribution in [2.45, 2.75) is 31.8 Å². The second kappa shape index (κ2) is 9.72. The highest BCUT2D eigenvalue weighted by Crippen LogP contribution is 2.22. The zero-order valence-corrected chi connectivity index (χ0v) is 17.4. The first-order chi connectivity index (χ1) is 13.7. The minimum Gasteiger partial charge on any atom is -0.344 e. The molecular formula is C23H27ClN4O. The smallest absolute Gasteiger partial charge is 0.272 e. The van der Waals surface area contributed by atoms with E-state index in [9.17, 15) is 4.79 Å². The second-order valence-corrected chi connectivity index (χ2v) is 7.36. The van der Waals surface area contributed by atoms with Crippen molar-refractivity contribution < 1.29 is 4.79 Å². The average Bonchev–Trinajstić information content (AvgIpc) is 3.26. The molecular weight excluding hydrogens is 384 g/mol. The van der Waals surface area contributed by atoms with Gasteiger partial charge in [-0.1, -0.05) is 54.6 Å². The van der Waals surface area contributed by atoms with Crippen LogP contribution >= 0.6 is 12.4 Å². The fourth-order valence-corrected chi connectivity index (χ4v) is 3.67. The van der Waals surface area contributed by atoms with Gasteiger partial charge >= 0.3 is 0 Å². The number of piperidine rings is 1. The molecule has 0 aliphatic carbocycles. The highest BCUT2D eigenvalue weighted by molar-refractivity contribution is 5.92. The lowest BCUT2D eigenvalue weighted by molar-refractivity contribution is 0.0933. The van der Waals surface area contributed by atoms with Gasteiger partial charge in [0.05, 0.1) is 12.1 Å². The third-order valence-electron chi connectivity index (χ3n) is 5.35. The number of hydrogen-bond acceptors (Lipinski definition) is 3. The van der Waals surface area contributed by atoms with E-state index in [1.54, 1.807) is 6.07 Å². The summed E-state index contributed by atoms with van der Waals surface area (Å²) in [6, 6.07) is 20.7. The van der Waals surface area contributed by atoms with Gasteiger partial charge in [-0.3, -0.25) is 9.48 Å². The summed E-state index contributed by atoms with van der Waals surface area (Å²) < 4.78 is 1.92. The Balaban J connectivity index is 0.00000240. The number of rotatable bonds is 5. The van der Waals surface area contributed by atoms with Crippen molar-refractivity contribution in [2.24, 2.45) is 0 Å². The van der Waals surface area contributed by atoms with Gasteiger partial charge in [-0.25, -0.2) is 0 Å². The Morgan fingerprint density at radius 1 is 1.10 bits per heavy atom. The molecule has 29 heavy (non-hydrogen) atoms. The second-order valence-electron chi connectivity index (χ2n) is 7.36. The van der Waals surface area contributed by atoms with E-state index in [0.29, 0.717) is 11.7 Å². The molecule has 5 nitrogen and oxygen atoms in total. The van der Waals surface area contributed by atoms with Crippen LogP contribution in [0.15, 0.2) is 66.9 Å². The summed E-state index contributed by atoms with van der Waals surface area (Å²) in [5, 5.41) is 10.9. The van der Waals surface area contributed by atoms with E-state index in [4.69, 9.17) is 0 Å². The molecule has 2 N–H and O–H groups in total. The number of carbonyl (C=O) groups is 1. The molecule has 152 valence electrons. The summed E-state index contributed by atoms with van der Waals surface area (Å²) in [6.45, 7) is 3.97. The summed E-state index contributed by atoms with van der Waals surface area (Å²) in [5.74, 6) is -0.137. The van der Waals surface area contributed by atoms with Crippen LogP contribution in [0.1, 0.15) is 47.9 Å². The maximum Gasteiger partial charge on any atom is 0.272 e. The van der Waals surface area contributed by atoms with Crippen molar-refractivity contribution in [3.05, 3.63) is 78.1 Å². The molecule has 2 unspecified atom stereocenters. The van der Waals surface area contributed by atoms with Crippen molar-refractivity contribution in [3.63, 3.8) is 0 Å². The Kier molecular flexibility index (Phi) is 7.07. The molecule has 4 rings (SSSR count). The van der Waals surface area contributed by atoms with Crippen LogP contribution in [0.3, 0.4) is 0 Å². The first-order valence-electron chi connectivity index (χ1n) is 9.93. The minimum atomic E-state index is -0.137. The van der Waals surface area contributed by atoms with Crippen LogP contribution in [0.2, 0.25) is 0 Å². The zero-order chi connectivity index (χ0) is 19.3. The van der Waals surface area contributed by atoms with Gasteiger partial charge in [-0.05, 0) is 49.1 Å². The quantitative estimate of drug-likeness (QED) is 0.655. The van der Waals surface area contributed by atoms with Crippen molar-refractivity contribution >= 4 is 18.3 Å². The molecule has 3 aromatic rings. The molecule has 1 fully saturated rings. The first-order valence-corrected chi connectivity index (χ1v) is 9.93. The van der Waals surface area contributed by atoms with Gasteiger partial charge in [0.15, 0.2) is 0 Å². The number of carbonyl (C=O) groups excluding carboxylic acids is 1. The van der Waals surface area contributed by atoms with Crippen molar-refractivity contribution in [1.82, 2.24) is 20.4 Å². The topological polar surface area (TPSA) is 59.0 Å². The maximum atomic E-state index is 12.6. The fraction of sp³-hybridized carbons (Fsp3) is 0.304. The zero-order valence-electron chi connectivity index (χ0n) is 16.5. The third kappa shape index (κ3) is 5.05. The van der Waals surface area contributed by atoms with Gasteiger partial charge in [-0.15, -0.1) is 12.4 Å². The van der Waals surface area contributed by atoms with Crippen LogP contribution in [0, 0.1) is 0 Å². The molecule has 2 atom stereocenters. The summed E-state index contributed by atoms with van der Waals surface area (Å²) in [6.07, 6.45) is 4.15. The molecule has 1 aliphatic rings. The summed E-state index contributed by atoms with van der Waals surface area (Å²) in [5.41, 5.74) is 3.90. The number of aromatic nitrogens is 2. The van der Waals surface area contributed by atoms with Crippen LogP contribution in [0.25, 0.3) is 11.1 Å². The fourth-order valence-electron chi connectivity index (χ4n) is 3.67. The lowest BCUT2D eigenvalue weighted by atomic mass is 10.0. The number of nitrogens with zero attached hydrogens (tertiary/aromatic N) is 2. The van der Waals surface area contributed by atoms with E-state index in [1.807, 2.05) is 36.0 Å². The van der Waals surface area contributed by atoms with Crippen LogP contribution in [-0.4, -0.2) is 28.8 Å². The Bertz CT molecular complexity index is 918. The number of amides is 1. The molecule has 1 aromatic heterocycles. The van der Waals surface area contributed by atoms with E-state index in [2.05, 4.69) is 52.1 Å². The number of halogens is 1. The SMILES string of the molecule is CC(NC(=O)c1ccn(C2CCCNC2)n1)c1ccc(-c2ccccc2)cc1.Cl. The Morgan fingerprint density at radius 3 is 2.52 bits per heavy atom. The van der Waals surface area contributed by atoms with Gasteiger partial charge in [-0.2, -0.15) is 5.10 Å². The highest BCUT2D eigenvalue weighted by atomic mass is 35.5. The number of hydrogen-bond donors (Lipinski definition) is 2. The average molecular weight is 411 g/mol. The molecule has 6 heteroatoms. The Hall–Kier alpha value is -2.63. The van der Waals surface area contributed by atoms with E-state index in [0.717, 1.165) is 31.5 Å². The molecule has 0 spiro atoms. The number of nitrogens with one attached hydrogen (secondary N) is 2. The molecule has 2 heterocycles. The molecule has 0 radical (unpaired) electrons. The number of benzene rings is 2. The van der Waals surface area contributed by atoms with Crippen molar-refractivity contribution in [3.8, 4) is 11.1 Å². The van der Waals surface area contributed by atoms with Gasteiger partial charge in [0, 0.05) is 12.7 Å². The summed E-state index contributed by atoms with van der Waals surface area (Å²) in [7, 11) is 0. The van der Waals surface area contributed by atoms with Gasteiger partial charge < -0.3 is 10.6 Å². The minimum absolute atomic E-state index is 0. The van der Waals surface area contributed by atoms with E-state index in [1.165, 1.54) is 11.1 Å². The third-order valence-corrected chi connectivity index (χ3v) is 5.35. The van der Waals surface area contributed by atoms with Crippen molar-refractivity contribution in [2.75, 3.05) is 13.1 Å².